The van der Waals surface area contributed by atoms with Crippen LogP contribution in [0.4, 0.5) is 21.0 Å². The van der Waals surface area contributed by atoms with Gasteiger partial charge in [-0.05, 0) is 76.9 Å². The number of carbonyl (C=O) groups excluding carboxylic acids is 2. The molecule has 2 N–H and O–H groups in total. The van der Waals surface area contributed by atoms with Gasteiger partial charge in [0.15, 0.2) is 0 Å². The maximum absolute atomic E-state index is 12.0. The molecule has 0 spiro atoms. The number of nitrogens with zero attached hydrogens (tertiary/aromatic N) is 2. The van der Waals surface area contributed by atoms with Gasteiger partial charge in [0.25, 0.3) is 0 Å². The van der Waals surface area contributed by atoms with Crippen molar-refractivity contribution in [3.05, 3.63) is 60.7 Å². The molecule has 0 bridgehead atoms. The molecule has 0 aliphatic heterocycles. The van der Waals surface area contributed by atoms with Crippen molar-refractivity contribution in [3.63, 3.8) is 0 Å². The third-order valence-electron chi connectivity index (χ3n) is 5.10. The standard InChI is InChI=1S/C28H30N4O4S/c1-27(2,3)35-25(33)29-19-11-7-17(8-12-19)21-15-16-22(24-23(21)31-37-32-24)18-9-13-20(14-10-18)30-26(34)36-28(4,5)6/h7-16H,1-6H3,(H,29,33)(H,30,34). The van der Waals surface area contributed by atoms with Gasteiger partial charge in [-0.3, -0.25) is 10.6 Å². The number of anilines is 2. The van der Waals surface area contributed by atoms with Crippen LogP contribution in [0.25, 0.3) is 33.3 Å². The van der Waals surface area contributed by atoms with Crippen molar-refractivity contribution < 1.29 is 19.1 Å². The maximum atomic E-state index is 12.0. The fourth-order valence-corrected chi connectivity index (χ4v) is 4.22. The summed E-state index contributed by atoms with van der Waals surface area (Å²) in [4.78, 5) is 24.1. The predicted octanol–water partition coefficient (Wildman–Crippen LogP) is 7.72. The van der Waals surface area contributed by atoms with Crippen LogP contribution in [0, 0.1) is 0 Å². The van der Waals surface area contributed by atoms with Crippen molar-refractivity contribution in [1.82, 2.24) is 8.75 Å². The Labute approximate surface area is 220 Å². The van der Waals surface area contributed by atoms with Crippen molar-refractivity contribution in [2.24, 2.45) is 0 Å². The molecule has 0 radical (unpaired) electrons. The number of hydrogen-bond donors (Lipinski definition) is 2. The van der Waals surface area contributed by atoms with Crippen LogP contribution in [0.5, 0.6) is 0 Å². The van der Waals surface area contributed by atoms with Crippen molar-refractivity contribution >= 4 is 46.3 Å². The fraction of sp³-hybridized carbons (Fsp3) is 0.286. The zero-order valence-corrected chi connectivity index (χ0v) is 22.5. The molecule has 0 aliphatic rings. The molecule has 9 heteroatoms. The van der Waals surface area contributed by atoms with E-state index in [1.54, 1.807) is 0 Å². The molecule has 8 nitrogen and oxygen atoms in total. The minimum atomic E-state index is -0.566. The Kier molecular flexibility index (Phi) is 7.18. The number of rotatable bonds is 4. The van der Waals surface area contributed by atoms with Crippen molar-refractivity contribution in [1.29, 1.82) is 0 Å². The summed E-state index contributed by atoms with van der Waals surface area (Å²) in [6.45, 7) is 10.9. The molecule has 4 rings (SSSR count). The highest BCUT2D eigenvalue weighted by atomic mass is 32.1. The molecular formula is C28H30N4O4S. The number of fused-ring (bicyclic) bond motifs is 1. The average Bonchev–Trinajstić information content (AvgIpc) is 3.27. The Morgan fingerprint density at radius 1 is 0.622 bits per heavy atom. The molecule has 2 amide bonds. The van der Waals surface area contributed by atoms with Gasteiger partial charge in [-0.15, -0.1) is 0 Å². The van der Waals surface area contributed by atoms with E-state index in [2.05, 4.69) is 19.4 Å². The van der Waals surface area contributed by atoms with Gasteiger partial charge in [0.05, 0.1) is 11.7 Å². The topological polar surface area (TPSA) is 102 Å². The van der Waals surface area contributed by atoms with Gasteiger partial charge in [-0.1, -0.05) is 36.4 Å². The number of amides is 2. The Bertz CT molecular complexity index is 1310. The lowest BCUT2D eigenvalue weighted by Crippen LogP contribution is -2.27. The van der Waals surface area contributed by atoms with Crippen LogP contribution < -0.4 is 10.6 Å². The molecule has 0 aliphatic carbocycles. The van der Waals surface area contributed by atoms with E-state index >= 15 is 0 Å². The van der Waals surface area contributed by atoms with Crippen LogP contribution in [0.1, 0.15) is 41.5 Å². The molecule has 0 fully saturated rings. The van der Waals surface area contributed by atoms with Crippen LogP contribution in [0.15, 0.2) is 60.7 Å². The van der Waals surface area contributed by atoms with E-state index in [9.17, 15) is 9.59 Å². The zero-order valence-electron chi connectivity index (χ0n) is 21.7. The van der Waals surface area contributed by atoms with Crippen LogP contribution in [0.3, 0.4) is 0 Å². The average molecular weight is 519 g/mol. The largest absolute Gasteiger partial charge is 0.444 e. The Morgan fingerprint density at radius 2 is 0.973 bits per heavy atom. The number of aromatic nitrogens is 2. The van der Waals surface area contributed by atoms with E-state index in [0.717, 1.165) is 45.0 Å². The van der Waals surface area contributed by atoms with Crippen molar-refractivity contribution in [3.8, 4) is 22.3 Å². The van der Waals surface area contributed by atoms with Gasteiger partial charge < -0.3 is 9.47 Å². The van der Waals surface area contributed by atoms with E-state index in [1.807, 2.05) is 102 Å². The first-order valence-corrected chi connectivity index (χ1v) is 12.6. The van der Waals surface area contributed by atoms with E-state index < -0.39 is 23.4 Å². The highest BCUT2D eigenvalue weighted by Crippen LogP contribution is 2.35. The Hall–Kier alpha value is -3.98. The molecule has 192 valence electrons. The molecular weight excluding hydrogens is 488 g/mol. The van der Waals surface area contributed by atoms with Gasteiger partial charge in [0, 0.05) is 22.5 Å². The van der Waals surface area contributed by atoms with Gasteiger partial charge in [-0.2, -0.15) is 8.75 Å². The number of hydrogen-bond acceptors (Lipinski definition) is 7. The minimum Gasteiger partial charge on any atom is -0.444 e. The smallest absolute Gasteiger partial charge is 0.412 e. The molecule has 37 heavy (non-hydrogen) atoms. The molecule has 4 aromatic rings. The lowest BCUT2D eigenvalue weighted by atomic mass is 9.97. The van der Waals surface area contributed by atoms with Gasteiger partial charge in [0.2, 0.25) is 0 Å². The lowest BCUT2D eigenvalue weighted by Gasteiger charge is -2.19. The van der Waals surface area contributed by atoms with Crippen molar-refractivity contribution in [2.45, 2.75) is 52.7 Å². The first kappa shape index (κ1) is 26.1. The summed E-state index contributed by atoms with van der Waals surface area (Å²) in [6, 6.07) is 19.1. The van der Waals surface area contributed by atoms with Crippen molar-refractivity contribution in [2.75, 3.05) is 10.6 Å². The predicted molar refractivity (Wildman–Crippen MR) is 148 cm³/mol. The molecule has 0 saturated carbocycles. The van der Waals surface area contributed by atoms with Crippen LogP contribution in [-0.4, -0.2) is 32.1 Å². The summed E-state index contributed by atoms with van der Waals surface area (Å²) >= 11 is 1.16. The van der Waals surface area contributed by atoms with Gasteiger partial charge in [0.1, 0.15) is 22.2 Å². The molecule has 1 heterocycles. The second-order valence-electron chi connectivity index (χ2n) is 10.5. The van der Waals surface area contributed by atoms with Gasteiger partial charge in [-0.25, -0.2) is 9.59 Å². The number of benzene rings is 3. The molecule has 0 saturated heterocycles. The first-order valence-electron chi connectivity index (χ1n) is 11.8. The SMILES string of the molecule is CC(C)(C)OC(=O)Nc1ccc(-c2ccc(-c3ccc(NC(=O)OC(C)(C)C)cc3)c3nsnc23)cc1. The second-order valence-corrected chi connectivity index (χ2v) is 11.1. The van der Waals surface area contributed by atoms with Crippen LogP contribution in [0.2, 0.25) is 0 Å². The number of carbonyl (C=O) groups is 2. The zero-order chi connectivity index (χ0) is 26.8. The van der Waals surface area contributed by atoms with E-state index in [-0.39, 0.29) is 0 Å². The molecule has 0 unspecified atom stereocenters. The first-order chi connectivity index (χ1) is 17.4. The van der Waals surface area contributed by atoms with E-state index in [1.165, 1.54) is 0 Å². The third kappa shape index (κ3) is 6.83. The summed E-state index contributed by atoms with van der Waals surface area (Å²) in [7, 11) is 0. The summed E-state index contributed by atoms with van der Waals surface area (Å²) < 4.78 is 19.7. The minimum absolute atomic E-state index is 0.497. The van der Waals surface area contributed by atoms with E-state index in [4.69, 9.17) is 9.47 Å². The quantitative estimate of drug-likeness (QED) is 0.287. The highest BCUT2D eigenvalue weighted by Gasteiger charge is 2.18. The normalized spacial score (nSPS) is 11.7. The van der Waals surface area contributed by atoms with E-state index in [0.29, 0.717) is 11.4 Å². The monoisotopic (exact) mass is 518 g/mol. The molecule has 1 aromatic heterocycles. The highest BCUT2D eigenvalue weighted by molar-refractivity contribution is 7.00. The Morgan fingerprint density at radius 3 is 1.30 bits per heavy atom. The van der Waals surface area contributed by atoms with Gasteiger partial charge >= 0.3 is 12.2 Å². The Balaban J connectivity index is 1.53. The van der Waals surface area contributed by atoms with Crippen LogP contribution >= 0.6 is 11.7 Å². The summed E-state index contributed by atoms with van der Waals surface area (Å²) in [5, 5.41) is 5.49. The fourth-order valence-electron chi connectivity index (χ4n) is 3.64. The summed E-state index contributed by atoms with van der Waals surface area (Å²) in [5.74, 6) is 0. The maximum Gasteiger partial charge on any atom is 0.412 e. The summed E-state index contributed by atoms with van der Waals surface area (Å²) in [6.07, 6.45) is -0.994. The van der Waals surface area contributed by atoms with Crippen LogP contribution in [-0.2, 0) is 9.47 Å². The number of nitrogens with one attached hydrogen (secondary N) is 2. The molecule has 0 atom stereocenters. The third-order valence-corrected chi connectivity index (χ3v) is 5.63. The number of ether oxygens (including phenoxy) is 2. The second kappa shape index (κ2) is 10.2. The molecule has 3 aromatic carbocycles. The lowest BCUT2D eigenvalue weighted by molar-refractivity contribution is 0.0624. The summed E-state index contributed by atoms with van der Waals surface area (Å²) in [5.41, 5.74) is 5.54.